The smallest absolute Gasteiger partial charge is 0.0749 e. The lowest BCUT2D eigenvalue weighted by Gasteiger charge is -2.24. The van der Waals surface area contributed by atoms with E-state index in [4.69, 9.17) is 14.6 Å². The van der Waals surface area contributed by atoms with Gasteiger partial charge >= 0.3 is 0 Å². The van der Waals surface area contributed by atoms with E-state index in [1.54, 1.807) is 0 Å². The molecule has 4 atom stereocenters. The van der Waals surface area contributed by atoms with E-state index >= 15 is 0 Å². The summed E-state index contributed by atoms with van der Waals surface area (Å²) < 4.78 is 11.4. The molecule has 0 aromatic carbocycles. The first-order chi connectivity index (χ1) is 7.35. The van der Waals surface area contributed by atoms with E-state index < -0.39 is 0 Å². The molecule has 88 valence electrons. The lowest BCUT2D eigenvalue weighted by atomic mass is 9.89. The minimum Gasteiger partial charge on any atom is -0.396 e. The Morgan fingerprint density at radius 2 is 2.33 bits per heavy atom. The second-order valence-electron chi connectivity index (χ2n) is 4.38. The van der Waals surface area contributed by atoms with Gasteiger partial charge in [0.25, 0.3) is 0 Å². The van der Waals surface area contributed by atoms with Crippen LogP contribution in [0, 0.1) is 5.92 Å². The molecule has 15 heavy (non-hydrogen) atoms. The van der Waals surface area contributed by atoms with E-state index in [1.165, 1.54) is 12.8 Å². The van der Waals surface area contributed by atoms with Gasteiger partial charge in [0.2, 0.25) is 0 Å². The molecule has 0 amide bonds. The van der Waals surface area contributed by atoms with Gasteiger partial charge in [-0.15, -0.1) is 0 Å². The number of rotatable bonds is 6. The summed E-state index contributed by atoms with van der Waals surface area (Å²) in [5, 5.41) is 9.31. The fraction of sp³-hybridized carbons (Fsp3) is 1.00. The Labute approximate surface area is 95.5 Å². The van der Waals surface area contributed by atoms with Crippen molar-refractivity contribution >= 4 is 11.8 Å². The second kappa shape index (κ2) is 5.53. The monoisotopic (exact) mass is 232 g/mol. The van der Waals surface area contributed by atoms with Crippen molar-refractivity contribution in [2.45, 2.75) is 36.7 Å². The number of thioether (sulfide) groups is 1. The quantitative estimate of drug-likeness (QED) is 0.701. The molecule has 0 aliphatic carbocycles. The number of aliphatic hydroxyl groups is 1. The van der Waals surface area contributed by atoms with Gasteiger partial charge in [-0.25, -0.2) is 0 Å². The summed E-state index contributed by atoms with van der Waals surface area (Å²) in [6, 6.07) is 0. The maximum absolute atomic E-state index is 8.64. The number of fused-ring (bicyclic) bond motifs is 2. The number of hydrogen-bond acceptors (Lipinski definition) is 4. The van der Waals surface area contributed by atoms with Crippen LogP contribution < -0.4 is 0 Å². The van der Waals surface area contributed by atoms with E-state index in [9.17, 15) is 0 Å². The Balaban J connectivity index is 1.70. The van der Waals surface area contributed by atoms with Crippen molar-refractivity contribution in [2.24, 2.45) is 5.92 Å². The van der Waals surface area contributed by atoms with E-state index in [0.29, 0.717) is 30.0 Å². The van der Waals surface area contributed by atoms with Crippen LogP contribution in [0.5, 0.6) is 0 Å². The third-order valence-electron chi connectivity index (χ3n) is 3.32. The fourth-order valence-corrected chi connectivity index (χ4v) is 3.55. The van der Waals surface area contributed by atoms with Crippen LogP contribution in [0.4, 0.5) is 0 Å². The first kappa shape index (κ1) is 11.7. The van der Waals surface area contributed by atoms with Crippen LogP contribution in [0.25, 0.3) is 0 Å². The Kier molecular flexibility index (Phi) is 4.31. The van der Waals surface area contributed by atoms with Gasteiger partial charge in [0.1, 0.15) is 0 Å². The molecule has 0 aromatic heterocycles. The van der Waals surface area contributed by atoms with Gasteiger partial charge in [0, 0.05) is 24.4 Å². The van der Waals surface area contributed by atoms with Crippen LogP contribution in [0.1, 0.15) is 19.3 Å². The largest absolute Gasteiger partial charge is 0.396 e. The predicted molar refractivity (Wildman–Crippen MR) is 61.2 cm³/mol. The van der Waals surface area contributed by atoms with Crippen LogP contribution >= 0.6 is 11.8 Å². The fourth-order valence-electron chi connectivity index (χ4n) is 2.59. The van der Waals surface area contributed by atoms with Gasteiger partial charge in [-0.2, -0.15) is 11.8 Å². The average Bonchev–Trinajstić information content (AvgIpc) is 2.83. The zero-order valence-electron chi connectivity index (χ0n) is 9.22. The lowest BCUT2D eigenvalue weighted by molar-refractivity contribution is 0.0483. The van der Waals surface area contributed by atoms with Crippen LogP contribution in [-0.4, -0.2) is 48.6 Å². The van der Waals surface area contributed by atoms with Gasteiger partial charge in [0.15, 0.2) is 0 Å². The SMILES string of the molecule is CSC1CC2CC(COCCCO)C1O2. The van der Waals surface area contributed by atoms with Crippen LogP contribution in [-0.2, 0) is 9.47 Å². The Bertz CT molecular complexity index is 200. The maximum atomic E-state index is 8.64. The summed E-state index contributed by atoms with van der Waals surface area (Å²) >= 11 is 1.92. The molecule has 4 unspecified atom stereocenters. The summed E-state index contributed by atoms with van der Waals surface area (Å²) in [6.07, 6.45) is 6.20. The summed E-state index contributed by atoms with van der Waals surface area (Å²) in [4.78, 5) is 0. The van der Waals surface area contributed by atoms with E-state index in [1.807, 2.05) is 11.8 Å². The van der Waals surface area contributed by atoms with Crippen molar-refractivity contribution in [1.82, 2.24) is 0 Å². The molecule has 3 nitrogen and oxygen atoms in total. The highest BCUT2D eigenvalue weighted by molar-refractivity contribution is 7.99. The minimum atomic E-state index is 0.223. The van der Waals surface area contributed by atoms with Gasteiger partial charge in [-0.3, -0.25) is 0 Å². The number of aliphatic hydroxyl groups excluding tert-OH is 1. The van der Waals surface area contributed by atoms with Crippen molar-refractivity contribution in [3.8, 4) is 0 Å². The molecule has 2 heterocycles. The van der Waals surface area contributed by atoms with Crippen LogP contribution in [0.15, 0.2) is 0 Å². The van der Waals surface area contributed by atoms with Crippen molar-refractivity contribution in [3.63, 3.8) is 0 Å². The first-order valence-corrected chi connectivity index (χ1v) is 7.00. The molecule has 1 N–H and O–H groups in total. The van der Waals surface area contributed by atoms with Crippen LogP contribution in [0.2, 0.25) is 0 Å². The zero-order chi connectivity index (χ0) is 10.7. The molecule has 0 saturated carbocycles. The Morgan fingerprint density at radius 1 is 1.47 bits per heavy atom. The highest BCUT2D eigenvalue weighted by Crippen LogP contribution is 2.43. The normalized spacial score (nSPS) is 38.8. The second-order valence-corrected chi connectivity index (χ2v) is 5.46. The molecule has 2 fully saturated rings. The van der Waals surface area contributed by atoms with Crippen LogP contribution in [0.3, 0.4) is 0 Å². The Morgan fingerprint density at radius 3 is 3.00 bits per heavy atom. The zero-order valence-corrected chi connectivity index (χ0v) is 10.0. The topological polar surface area (TPSA) is 38.7 Å². The molecule has 0 aromatic rings. The number of ether oxygens (including phenoxy) is 2. The summed E-state index contributed by atoms with van der Waals surface area (Å²) in [5.74, 6) is 0.583. The molecule has 2 aliphatic rings. The average molecular weight is 232 g/mol. The van der Waals surface area contributed by atoms with E-state index in [-0.39, 0.29) is 6.61 Å². The molecule has 2 bridgehead atoms. The third kappa shape index (κ3) is 2.67. The molecule has 2 saturated heterocycles. The Hall–Kier alpha value is 0.230. The van der Waals surface area contributed by atoms with Gasteiger partial charge in [-0.05, 0) is 25.5 Å². The van der Waals surface area contributed by atoms with Crippen molar-refractivity contribution in [1.29, 1.82) is 0 Å². The maximum Gasteiger partial charge on any atom is 0.0749 e. The first-order valence-electron chi connectivity index (χ1n) is 5.72. The molecule has 4 heteroatoms. The van der Waals surface area contributed by atoms with Crippen molar-refractivity contribution in [2.75, 3.05) is 26.1 Å². The van der Waals surface area contributed by atoms with E-state index in [2.05, 4.69) is 6.26 Å². The lowest BCUT2D eigenvalue weighted by Crippen LogP contribution is -2.31. The summed E-state index contributed by atoms with van der Waals surface area (Å²) in [5.41, 5.74) is 0. The minimum absolute atomic E-state index is 0.223. The molecule has 2 rings (SSSR count). The summed E-state index contributed by atoms with van der Waals surface area (Å²) in [7, 11) is 0. The molecular weight excluding hydrogens is 212 g/mol. The van der Waals surface area contributed by atoms with Gasteiger partial charge in [0.05, 0.1) is 18.8 Å². The number of hydrogen-bond donors (Lipinski definition) is 1. The van der Waals surface area contributed by atoms with Crippen molar-refractivity contribution in [3.05, 3.63) is 0 Å². The third-order valence-corrected chi connectivity index (χ3v) is 4.39. The molecular formula is C11H20O3S. The van der Waals surface area contributed by atoms with Gasteiger partial charge < -0.3 is 14.6 Å². The highest BCUT2D eigenvalue weighted by Gasteiger charge is 2.47. The molecule has 0 spiro atoms. The van der Waals surface area contributed by atoms with E-state index in [0.717, 1.165) is 13.0 Å². The van der Waals surface area contributed by atoms with Crippen molar-refractivity contribution < 1.29 is 14.6 Å². The molecule has 0 radical (unpaired) electrons. The summed E-state index contributed by atoms with van der Waals surface area (Å²) in [6.45, 7) is 1.70. The molecule has 2 aliphatic heterocycles. The predicted octanol–water partition coefficient (Wildman–Crippen LogP) is 1.29. The highest BCUT2D eigenvalue weighted by atomic mass is 32.2. The standard InChI is InChI=1S/C11H20O3S/c1-15-10-6-9-5-8(11(10)14-9)7-13-4-2-3-12/h8-12H,2-7H2,1H3. The van der Waals surface area contributed by atoms with Gasteiger partial charge in [-0.1, -0.05) is 0 Å².